The van der Waals surface area contributed by atoms with Crippen molar-refractivity contribution >= 4 is 28.6 Å². The molecule has 0 radical (unpaired) electrons. The Morgan fingerprint density at radius 2 is 1.85 bits per heavy atom. The van der Waals surface area contributed by atoms with Gasteiger partial charge < -0.3 is 20.2 Å². The second-order valence-corrected chi connectivity index (χ2v) is 9.68. The Bertz CT molecular complexity index is 1020. The van der Waals surface area contributed by atoms with Gasteiger partial charge in [0.2, 0.25) is 11.0 Å². The molecule has 0 spiro atoms. The molecule has 1 fully saturated rings. The molecular weight excluding hydrogens is 456 g/mol. The molecule has 0 aliphatic carbocycles. The van der Waals surface area contributed by atoms with Crippen LogP contribution in [0.1, 0.15) is 37.3 Å². The number of pyridine rings is 1. The maximum atomic E-state index is 13.0. The summed E-state index contributed by atoms with van der Waals surface area (Å²) in [5.41, 5.74) is 1.59. The van der Waals surface area contributed by atoms with E-state index in [1.807, 2.05) is 12.1 Å². The molecule has 1 aromatic heterocycles. The molecule has 34 heavy (non-hydrogen) atoms. The fourth-order valence-corrected chi connectivity index (χ4v) is 5.01. The van der Waals surface area contributed by atoms with Crippen LogP contribution in [0.3, 0.4) is 0 Å². The number of aliphatic hydroxyl groups is 1. The van der Waals surface area contributed by atoms with Gasteiger partial charge in [0.25, 0.3) is 0 Å². The molecule has 1 aliphatic heterocycles. The third-order valence-corrected chi connectivity index (χ3v) is 6.93. The lowest BCUT2D eigenvalue weighted by molar-refractivity contribution is -0.141. The SMILES string of the molecule is CC(CC(=O)C(O)Cc1ccc(O)c(O)c1)C(=O)N1CCCC1C(=O)SCCc1ccncc1. The quantitative estimate of drug-likeness (QED) is 0.437. The summed E-state index contributed by atoms with van der Waals surface area (Å²) in [6, 6.07) is 7.41. The lowest BCUT2D eigenvalue weighted by atomic mass is 9.96. The third kappa shape index (κ3) is 6.80. The van der Waals surface area contributed by atoms with E-state index in [1.54, 1.807) is 24.2 Å². The Hall–Kier alpha value is -2.91. The summed E-state index contributed by atoms with van der Waals surface area (Å²) in [6.07, 6.45) is 4.01. The summed E-state index contributed by atoms with van der Waals surface area (Å²) < 4.78 is 0. The number of aromatic nitrogens is 1. The molecular formula is C25H30N2O6S. The first-order valence-corrected chi connectivity index (χ1v) is 12.3. The van der Waals surface area contributed by atoms with Crippen molar-refractivity contribution in [2.45, 2.75) is 51.2 Å². The number of likely N-dealkylation sites (tertiary alicyclic amines) is 1. The number of aryl methyl sites for hydroxylation is 1. The summed E-state index contributed by atoms with van der Waals surface area (Å²) in [5.74, 6) is -1.40. The summed E-state index contributed by atoms with van der Waals surface area (Å²) in [7, 11) is 0. The summed E-state index contributed by atoms with van der Waals surface area (Å²) >= 11 is 1.23. The number of ketones is 1. The van der Waals surface area contributed by atoms with E-state index in [9.17, 15) is 29.7 Å². The summed E-state index contributed by atoms with van der Waals surface area (Å²) in [6.45, 7) is 2.11. The Kier molecular flexibility index (Phi) is 9.06. The Morgan fingerprint density at radius 3 is 2.56 bits per heavy atom. The van der Waals surface area contributed by atoms with Crippen LogP contribution in [0.15, 0.2) is 42.7 Å². The number of aliphatic hydroxyl groups excluding tert-OH is 1. The molecule has 9 heteroatoms. The minimum atomic E-state index is -1.33. The van der Waals surface area contributed by atoms with Crippen molar-refractivity contribution in [3.63, 3.8) is 0 Å². The van der Waals surface area contributed by atoms with Crippen LogP contribution in [-0.2, 0) is 27.2 Å². The molecule has 3 rings (SSSR count). The highest BCUT2D eigenvalue weighted by Crippen LogP contribution is 2.27. The molecule has 1 amide bonds. The number of carbonyl (C=O) groups excluding carboxylic acids is 3. The van der Waals surface area contributed by atoms with Crippen LogP contribution < -0.4 is 0 Å². The van der Waals surface area contributed by atoms with Gasteiger partial charge >= 0.3 is 0 Å². The van der Waals surface area contributed by atoms with Crippen LogP contribution in [0.5, 0.6) is 11.5 Å². The number of amides is 1. The Morgan fingerprint density at radius 1 is 1.12 bits per heavy atom. The van der Waals surface area contributed by atoms with Gasteiger partial charge in [-0.25, -0.2) is 0 Å². The number of Topliss-reactive ketones (excluding diaryl/α,β-unsaturated/α-hetero) is 1. The molecule has 0 saturated carbocycles. The van der Waals surface area contributed by atoms with E-state index >= 15 is 0 Å². The topological polar surface area (TPSA) is 128 Å². The van der Waals surface area contributed by atoms with Gasteiger partial charge in [-0.3, -0.25) is 19.4 Å². The van der Waals surface area contributed by atoms with Crippen LogP contribution in [0.2, 0.25) is 0 Å². The second kappa shape index (κ2) is 12.0. The van der Waals surface area contributed by atoms with E-state index in [4.69, 9.17) is 0 Å². The Labute approximate surface area is 203 Å². The third-order valence-electron chi connectivity index (χ3n) is 5.96. The average Bonchev–Trinajstić information content (AvgIpc) is 3.31. The minimum absolute atomic E-state index is 0.0352. The van der Waals surface area contributed by atoms with E-state index in [2.05, 4.69) is 4.98 Å². The summed E-state index contributed by atoms with van der Waals surface area (Å²) in [5, 5.41) is 29.2. The zero-order valence-electron chi connectivity index (χ0n) is 19.1. The molecule has 0 bridgehead atoms. The lowest BCUT2D eigenvalue weighted by Gasteiger charge is -2.26. The number of benzene rings is 1. The zero-order valence-corrected chi connectivity index (χ0v) is 19.9. The smallest absolute Gasteiger partial charge is 0.226 e. The second-order valence-electron chi connectivity index (χ2n) is 8.58. The van der Waals surface area contributed by atoms with Gasteiger partial charge in [0.15, 0.2) is 17.3 Å². The van der Waals surface area contributed by atoms with Gasteiger partial charge in [-0.2, -0.15) is 0 Å². The van der Waals surface area contributed by atoms with Crippen LogP contribution in [0.25, 0.3) is 0 Å². The fraction of sp³-hybridized carbons (Fsp3) is 0.440. The maximum absolute atomic E-state index is 13.0. The number of nitrogens with zero attached hydrogens (tertiary/aromatic N) is 2. The van der Waals surface area contributed by atoms with Crippen molar-refractivity contribution in [2.75, 3.05) is 12.3 Å². The van der Waals surface area contributed by atoms with E-state index in [1.165, 1.54) is 30.0 Å². The predicted octanol–water partition coefficient (Wildman–Crippen LogP) is 2.49. The molecule has 3 unspecified atom stereocenters. The standard InChI is InChI=1S/C25H30N2O6S/c1-16(13-21(29)23(31)15-18-4-5-20(28)22(30)14-18)24(32)27-11-2-3-19(27)25(33)34-12-8-17-6-9-26-10-7-17/h4-7,9-10,14,16,19,23,28,30-31H,2-3,8,11-13,15H2,1H3. The van der Waals surface area contributed by atoms with E-state index in [0.29, 0.717) is 24.3 Å². The zero-order chi connectivity index (χ0) is 24.7. The number of phenolic OH excluding ortho intramolecular Hbond substituents is 2. The van der Waals surface area contributed by atoms with E-state index < -0.39 is 23.8 Å². The van der Waals surface area contributed by atoms with Gasteiger partial charge in [-0.15, -0.1) is 0 Å². The molecule has 1 saturated heterocycles. The molecule has 1 aromatic carbocycles. The number of aromatic hydroxyl groups is 2. The number of thioether (sulfide) groups is 1. The monoisotopic (exact) mass is 486 g/mol. The van der Waals surface area contributed by atoms with Crippen LogP contribution in [-0.4, -0.2) is 66.5 Å². The minimum Gasteiger partial charge on any atom is -0.504 e. The van der Waals surface area contributed by atoms with Gasteiger partial charge in [-0.1, -0.05) is 24.8 Å². The molecule has 2 heterocycles. The lowest BCUT2D eigenvalue weighted by Crippen LogP contribution is -2.43. The largest absolute Gasteiger partial charge is 0.504 e. The maximum Gasteiger partial charge on any atom is 0.226 e. The molecule has 8 nitrogen and oxygen atoms in total. The van der Waals surface area contributed by atoms with Crippen molar-refractivity contribution in [1.29, 1.82) is 0 Å². The number of hydrogen-bond donors (Lipinski definition) is 3. The van der Waals surface area contributed by atoms with Gasteiger partial charge in [0.1, 0.15) is 12.1 Å². The first kappa shape index (κ1) is 25.7. The molecule has 3 atom stereocenters. The first-order chi connectivity index (χ1) is 16.3. The predicted molar refractivity (Wildman–Crippen MR) is 128 cm³/mol. The highest BCUT2D eigenvalue weighted by molar-refractivity contribution is 8.13. The summed E-state index contributed by atoms with van der Waals surface area (Å²) in [4.78, 5) is 43.9. The molecule has 2 aromatic rings. The van der Waals surface area contributed by atoms with Gasteiger partial charge in [0, 0.05) is 43.5 Å². The normalized spacial score (nSPS) is 17.4. The van der Waals surface area contributed by atoms with Crippen molar-refractivity contribution < 1.29 is 29.7 Å². The van der Waals surface area contributed by atoms with E-state index in [0.717, 1.165) is 18.4 Å². The van der Waals surface area contributed by atoms with Crippen molar-refractivity contribution in [2.24, 2.45) is 5.92 Å². The highest BCUT2D eigenvalue weighted by Gasteiger charge is 2.36. The van der Waals surface area contributed by atoms with Crippen molar-refractivity contribution in [3.8, 4) is 11.5 Å². The van der Waals surface area contributed by atoms with Gasteiger partial charge in [0.05, 0.1) is 0 Å². The van der Waals surface area contributed by atoms with E-state index in [-0.39, 0.29) is 35.4 Å². The van der Waals surface area contributed by atoms with Crippen LogP contribution in [0, 0.1) is 5.92 Å². The average molecular weight is 487 g/mol. The molecule has 3 N–H and O–H groups in total. The number of carbonyl (C=O) groups is 3. The first-order valence-electron chi connectivity index (χ1n) is 11.3. The number of phenols is 2. The van der Waals surface area contributed by atoms with Crippen LogP contribution in [0.4, 0.5) is 0 Å². The number of hydrogen-bond acceptors (Lipinski definition) is 8. The van der Waals surface area contributed by atoms with Crippen LogP contribution >= 0.6 is 11.8 Å². The van der Waals surface area contributed by atoms with Crippen molar-refractivity contribution in [1.82, 2.24) is 9.88 Å². The van der Waals surface area contributed by atoms with Gasteiger partial charge in [-0.05, 0) is 54.7 Å². The van der Waals surface area contributed by atoms with Crippen molar-refractivity contribution in [3.05, 3.63) is 53.9 Å². The molecule has 182 valence electrons. The molecule has 1 aliphatic rings. The highest BCUT2D eigenvalue weighted by atomic mass is 32.2. The number of rotatable bonds is 10. The Balaban J connectivity index is 1.50. The fourth-order valence-electron chi connectivity index (χ4n) is 4.03.